The summed E-state index contributed by atoms with van der Waals surface area (Å²) in [5, 5.41) is 0. The Morgan fingerprint density at radius 2 is 1.02 bits per heavy atom. The molecular weight excluding hydrogens is 653 g/mol. The number of aryl methyl sites for hydroxylation is 1. The largest absolute Gasteiger partial charge is 0.334 e. The molecule has 1 unspecified atom stereocenters. The predicted molar refractivity (Wildman–Crippen MR) is 230 cm³/mol. The molecule has 54 heavy (non-hydrogen) atoms. The van der Waals surface area contributed by atoms with Crippen LogP contribution in [0.1, 0.15) is 82.2 Å². The third-order valence-electron chi connectivity index (χ3n) is 12.6. The number of hydrogen-bond donors (Lipinski definition) is 0. The second-order valence-corrected chi connectivity index (χ2v) is 16.3. The maximum absolute atomic E-state index is 2.61. The van der Waals surface area contributed by atoms with Crippen LogP contribution in [0.5, 0.6) is 0 Å². The molecule has 0 amide bonds. The number of rotatable bonds is 8. The number of fused-ring (bicyclic) bond motifs is 5. The Bertz CT molecular complexity index is 2340. The average Bonchev–Trinajstić information content (AvgIpc) is 3.57. The molecule has 1 atom stereocenters. The summed E-state index contributed by atoms with van der Waals surface area (Å²) in [5.41, 5.74) is 20.4. The summed E-state index contributed by atoms with van der Waals surface area (Å²) in [6, 6.07) is 53.9. The third kappa shape index (κ3) is 5.29. The van der Waals surface area contributed by atoms with E-state index in [0.717, 1.165) is 19.3 Å². The van der Waals surface area contributed by atoms with Crippen LogP contribution < -0.4 is 9.80 Å². The van der Waals surface area contributed by atoms with E-state index >= 15 is 0 Å². The van der Waals surface area contributed by atoms with Crippen molar-refractivity contribution in [1.82, 2.24) is 0 Å². The van der Waals surface area contributed by atoms with E-state index in [0.29, 0.717) is 0 Å². The first-order valence-electron chi connectivity index (χ1n) is 19.8. The van der Waals surface area contributed by atoms with Crippen molar-refractivity contribution in [3.05, 3.63) is 191 Å². The van der Waals surface area contributed by atoms with Gasteiger partial charge in [0.15, 0.2) is 0 Å². The van der Waals surface area contributed by atoms with Crippen LogP contribution in [0.25, 0.3) is 16.7 Å². The van der Waals surface area contributed by atoms with E-state index in [9.17, 15) is 0 Å². The molecule has 0 fully saturated rings. The summed E-state index contributed by atoms with van der Waals surface area (Å²) in [6.07, 6.45) is 5.55. The number of benzene rings is 6. The molecule has 2 nitrogen and oxygen atoms in total. The van der Waals surface area contributed by atoms with E-state index < -0.39 is 0 Å². The monoisotopic (exact) mass is 702 g/mol. The minimum Gasteiger partial charge on any atom is -0.334 e. The van der Waals surface area contributed by atoms with Gasteiger partial charge in [-0.1, -0.05) is 120 Å². The van der Waals surface area contributed by atoms with Crippen molar-refractivity contribution < 1.29 is 0 Å². The first-order chi connectivity index (χ1) is 26.2. The summed E-state index contributed by atoms with van der Waals surface area (Å²) in [6.45, 7) is 14.5. The van der Waals surface area contributed by atoms with E-state index in [1.807, 2.05) is 0 Å². The van der Waals surface area contributed by atoms with Crippen molar-refractivity contribution in [2.75, 3.05) is 9.80 Å². The highest BCUT2D eigenvalue weighted by Crippen LogP contribution is 2.59. The number of nitrogens with zero attached hydrogens (tertiary/aromatic N) is 2. The molecule has 0 saturated carbocycles. The summed E-state index contributed by atoms with van der Waals surface area (Å²) in [5.74, 6) is 0. The van der Waals surface area contributed by atoms with Crippen LogP contribution in [0.2, 0.25) is 0 Å². The van der Waals surface area contributed by atoms with Gasteiger partial charge >= 0.3 is 0 Å². The van der Waals surface area contributed by atoms with E-state index in [2.05, 4.69) is 203 Å². The van der Waals surface area contributed by atoms with Crippen molar-refractivity contribution in [2.45, 2.75) is 77.7 Å². The Labute approximate surface area is 322 Å². The van der Waals surface area contributed by atoms with Gasteiger partial charge in [0, 0.05) is 39.3 Å². The minimum absolute atomic E-state index is 0.0949. The van der Waals surface area contributed by atoms with Gasteiger partial charge in [0.25, 0.3) is 0 Å². The molecule has 0 spiro atoms. The van der Waals surface area contributed by atoms with Gasteiger partial charge < -0.3 is 9.80 Å². The van der Waals surface area contributed by atoms with Crippen LogP contribution in [0.15, 0.2) is 163 Å². The summed E-state index contributed by atoms with van der Waals surface area (Å²) < 4.78 is 0. The van der Waals surface area contributed by atoms with Crippen molar-refractivity contribution in [3.8, 4) is 11.1 Å². The molecule has 0 bridgehead atoms. The Morgan fingerprint density at radius 3 is 1.54 bits per heavy atom. The van der Waals surface area contributed by atoms with Crippen LogP contribution in [0.4, 0.5) is 28.4 Å². The highest BCUT2D eigenvalue weighted by molar-refractivity contribution is 5.96. The van der Waals surface area contributed by atoms with Crippen molar-refractivity contribution in [3.63, 3.8) is 0 Å². The first kappa shape index (κ1) is 34.2. The van der Waals surface area contributed by atoms with Gasteiger partial charge in [0.1, 0.15) is 0 Å². The lowest BCUT2D eigenvalue weighted by Crippen LogP contribution is -2.34. The second-order valence-electron chi connectivity index (χ2n) is 16.3. The lowest BCUT2D eigenvalue weighted by molar-refractivity contribution is 0.582. The maximum atomic E-state index is 2.61. The average molecular weight is 703 g/mol. The lowest BCUT2D eigenvalue weighted by atomic mass is 9.75. The van der Waals surface area contributed by atoms with Crippen LogP contribution in [-0.4, -0.2) is 6.04 Å². The van der Waals surface area contributed by atoms with Gasteiger partial charge in [-0.2, -0.15) is 0 Å². The number of allylic oxidation sites excluding steroid dienone is 2. The van der Waals surface area contributed by atoms with Gasteiger partial charge in [-0.05, 0) is 148 Å². The Morgan fingerprint density at radius 1 is 0.519 bits per heavy atom. The smallest absolute Gasteiger partial charge is 0.0565 e. The highest BCUT2D eigenvalue weighted by atomic mass is 15.2. The molecule has 268 valence electrons. The molecule has 2 heteroatoms. The molecule has 0 saturated heterocycles. The Kier molecular flexibility index (Phi) is 8.27. The zero-order valence-electron chi connectivity index (χ0n) is 32.5. The van der Waals surface area contributed by atoms with E-state index in [1.165, 1.54) is 78.5 Å². The fraction of sp³-hybridized carbons (Fsp3) is 0.231. The fourth-order valence-corrected chi connectivity index (χ4v) is 9.81. The highest BCUT2D eigenvalue weighted by Gasteiger charge is 2.46. The molecular formula is C52H50N2. The topological polar surface area (TPSA) is 6.48 Å². The number of anilines is 5. The number of hydrogen-bond acceptors (Lipinski definition) is 2. The fourth-order valence-electron chi connectivity index (χ4n) is 9.81. The molecule has 0 N–H and O–H groups in total. The normalized spacial score (nSPS) is 17.3. The molecule has 3 aliphatic carbocycles. The SMILES string of the molecule is CCC1=CC(N(c2ccccc2)c2ccccc2)CC2=C1c1cc3c(cc1C2(C)C)-c1c(CC)cc(N(c2ccccc2)c2ccccc2)cc1C3(C)C. The zero-order valence-corrected chi connectivity index (χ0v) is 32.5. The lowest BCUT2D eigenvalue weighted by Gasteiger charge is -2.38. The van der Waals surface area contributed by atoms with Crippen molar-refractivity contribution in [2.24, 2.45) is 0 Å². The Balaban J connectivity index is 1.17. The van der Waals surface area contributed by atoms with Crippen LogP contribution in [0.3, 0.4) is 0 Å². The molecule has 0 aliphatic heterocycles. The van der Waals surface area contributed by atoms with Gasteiger partial charge in [-0.25, -0.2) is 0 Å². The van der Waals surface area contributed by atoms with E-state index in [-0.39, 0.29) is 16.9 Å². The molecule has 0 aromatic heterocycles. The molecule has 6 aromatic carbocycles. The maximum Gasteiger partial charge on any atom is 0.0565 e. The van der Waals surface area contributed by atoms with E-state index in [1.54, 1.807) is 5.57 Å². The minimum atomic E-state index is -0.156. The van der Waals surface area contributed by atoms with Crippen molar-refractivity contribution in [1.29, 1.82) is 0 Å². The molecule has 0 heterocycles. The van der Waals surface area contributed by atoms with Gasteiger partial charge in [0.05, 0.1) is 6.04 Å². The quantitative estimate of drug-likeness (QED) is 0.156. The molecule has 9 rings (SSSR count). The second kappa shape index (κ2) is 13.1. The Hall–Kier alpha value is -5.60. The number of para-hydroxylation sites is 4. The summed E-state index contributed by atoms with van der Waals surface area (Å²) in [7, 11) is 0. The van der Waals surface area contributed by atoms with Gasteiger partial charge in [0.2, 0.25) is 0 Å². The molecule has 6 aromatic rings. The van der Waals surface area contributed by atoms with Gasteiger partial charge in [-0.15, -0.1) is 0 Å². The standard InChI is InChI=1S/C52H50N2/c1-7-35-29-41(53(37-21-13-9-14-22-37)38-23-15-10-16-24-38)31-47-49(35)43-33-46-44(34-45(43)51(47,3)4)50-36(8-2)30-42(32-48(50)52(46,5)6)54(39-25-17-11-18-26-39)40-27-19-12-20-28-40/h9-31,33-34,42H,7-8,32H2,1-6H3. The van der Waals surface area contributed by atoms with E-state index in [4.69, 9.17) is 0 Å². The van der Waals surface area contributed by atoms with Crippen LogP contribution >= 0.6 is 0 Å². The first-order valence-corrected chi connectivity index (χ1v) is 19.8. The molecule has 0 radical (unpaired) electrons. The third-order valence-corrected chi connectivity index (χ3v) is 12.6. The van der Waals surface area contributed by atoms with Gasteiger partial charge in [-0.3, -0.25) is 0 Å². The predicted octanol–water partition coefficient (Wildman–Crippen LogP) is 14.0. The summed E-state index contributed by atoms with van der Waals surface area (Å²) >= 11 is 0. The van der Waals surface area contributed by atoms with Crippen LogP contribution in [-0.2, 0) is 17.3 Å². The molecule has 3 aliphatic rings. The zero-order chi connectivity index (χ0) is 37.2. The summed E-state index contributed by atoms with van der Waals surface area (Å²) in [4.78, 5) is 4.97. The van der Waals surface area contributed by atoms with Crippen LogP contribution in [0, 0.1) is 0 Å². The van der Waals surface area contributed by atoms with Crippen molar-refractivity contribution >= 4 is 34.0 Å².